The lowest BCUT2D eigenvalue weighted by Gasteiger charge is -2.43. The summed E-state index contributed by atoms with van der Waals surface area (Å²) in [5.41, 5.74) is -0.939. The molecule has 0 amide bonds. The van der Waals surface area contributed by atoms with Gasteiger partial charge in [0.15, 0.2) is 6.17 Å². The fourth-order valence-electron chi connectivity index (χ4n) is 5.00. The molecular formula is C28H30F4O3Si. The van der Waals surface area contributed by atoms with Gasteiger partial charge in [0, 0.05) is 12.0 Å². The van der Waals surface area contributed by atoms with Crippen molar-refractivity contribution in [3.63, 3.8) is 0 Å². The van der Waals surface area contributed by atoms with Gasteiger partial charge < -0.3 is 14.3 Å². The van der Waals surface area contributed by atoms with Gasteiger partial charge in [-0.2, -0.15) is 13.2 Å². The second-order valence-electron chi connectivity index (χ2n) is 10.2. The van der Waals surface area contributed by atoms with Gasteiger partial charge in [-0.15, -0.1) is 0 Å². The van der Waals surface area contributed by atoms with Crippen LogP contribution in [0.25, 0.3) is 0 Å². The molecule has 1 heterocycles. The lowest BCUT2D eigenvalue weighted by atomic mass is 9.99. The van der Waals surface area contributed by atoms with E-state index in [0.29, 0.717) is 0 Å². The van der Waals surface area contributed by atoms with Crippen molar-refractivity contribution in [2.75, 3.05) is 6.61 Å². The number of ether oxygens (including phenoxy) is 1. The molecule has 0 spiro atoms. The number of halogens is 4. The van der Waals surface area contributed by atoms with Crippen LogP contribution in [0.1, 0.15) is 38.3 Å². The van der Waals surface area contributed by atoms with Crippen LogP contribution in [0.3, 0.4) is 0 Å². The highest BCUT2D eigenvalue weighted by molar-refractivity contribution is 6.99. The molecule has 3 aromatic carbocycles. The molecule has 1 aliphatic heterocycles. The van der Waals surface area contributed by atoms with Crippen molar-refractivity contribution < 1.29 is 31.8 Å². The van der Waals surface area contributed by atoms with Crippen LogP contribution in [0.5, 0.6) is 0 Å². The Balaban J connectivity index is 1.62. The van der Waals surface area contributed by atoms with Gasteiger partial charge in [0.05, 0.1) is 18.3 Å². The van der Waals surface area contributed by atoms with Gasteiger partial charge in [-0.25, -0.2) is 4.39 Å². The van der Waals surface area contributed by atoms with Crippen molar-refractivity contribution >= 4 is 18.7 Å². The summed E-state index contributed by atoms with van der Waals surface area (Å²) in [5, 5.41) is 12.8. The SMILES string of the molecule is CC(C)(C)[Si](OC[C@@H]1C[C@@H](F)C(O)(c2ccc(C(F)(F)F)cc2)O1)(c1ccccc1)c1ccccc1. The summed E-state index contributed by atoms with van der Waals surface area (Å²) in [6, 6.07) is 23.6. The van der Waals surface area contributed by atoms with Crippen molar-refractivity contribution in [2.45, 2.75) is 56.5 Å². The van der Waals surface area contributed by atoms with E-state index < -0.39 is 38.1 Å². The maximum absolute atomic E-state index is 15.1. The predicted octanol–water partition coefficient (Wildman–Crippen LogP) is 5.55. The monoisotopic (exact) mass is 518 g/mol. The molecule has 8 heteroatoms. The van der Waals surface area contributed by atoms with Crippen LogP contribution in [-0.2, 0) is 21.1 Å². The second-order valence-corrected chi connectivity index (χ2v) is 14.5. The summed E-state index contributed by atoms with van der Waals surface area (Å²) in [7, 11) is -2.90. The molecule has 1 fully saturated rings. The number of rotatable bonds is 6. The van der Waals surface area contributed by atoms with Crippen molar-refractivity contribution in [2.24, 2.45) is 0 Å². The van der Waals surface area contributed by atoms with Gasteiger partial charge in [-0.1, -0.05) is 93.6 Å². The molecule has 0 radical (unpaired) electrons. The Labute approximate surface area is 209 Å². The van der Waals surface area contributed by atoms with E-state index in [1.165, 1.54) is 0 Å². The molecule has 192 valence electrons. The van der Waals surface area contributed by atoms with E-state index in [0.717, 1.165) is 34.6 Å². The summed E-state index contributed by atoms with van der Waals surface area (Å²) in [6.45, 7) is 6.37. The Morgan fingerprint density at radius 1 is 0.889 bits per heavy atom. The average molecular weight is 519 g/mol. The third-order valence-corrected chi connectivity index (χ3v) is 11.8. The van der Waals surface area contributed by atoms with Gasteiger partial charge in [0.25, 0.3) is 8.32 Å². The molecule has 1 aliphatic rings. The number of hydrogen-bond acceptors (Lipinski definition) is 3. The fourth-order valence-corrected chi connectivity index (χ4v) is 9.59. The Morgan fingerprint density at radius 2 is 1.39 bits per heavy atom. The lowest BCUT2D eigenvalue weighted by Crippen LogP contribution is -2.67. The largest absolute Gasteiger partial charge is 0.416 e. The first kappa shape index (κ1) is 26.5. The van der Waals surface area contributed by atoms with Crippen molar-refractivity contribution in [3.8, 4) is 0 Å². The van der Waals surface area contributed by atoms with E-state index in [4.69, 9.17) is 9.16 Å². The molecule has 1 saturated heterocycles. The second kappa shape index (κ2) is 9.74. The minimum absolute atomic E-state index is 0.0244. The molecule has 4 rings (SSSR count). The number of hydrogen-bond donors (Lipinski definition) is 1. The first-order valence-corrected chi connectivity index (χ1v) is 13.8. The summed E-state index contributed by atoms with van der Waals surface area (Å²) in [6.07, 6.45) is -7.27. The standard InChI is InChI=1S/C28H30F4O3Si/c1-26(2,3)36(23-10-6-4-7-11-23,24-12-8-5-9-13-24)34-19-22-18-25(29)27(33,35-22)20-14-16-21(17-15-20)28(30,31)32/h4-17,22,25,33H,18-19H2,1-3H3/t22-,25+,27?/m0/s1. The minimum Gasteiger partial charge on any atom is -0.405 e. The zero-order valence-corrected chi connectivity index (χ0v) is 21.4. The Kier molecular flexibility index (Phi) is 7.18. The number of aliphatic hydroxyl groups is 1. The van der Waals surface area contributed by atoms with Crippen LogP contribution in [0, 0.1) is 0 Å². The maximum Gasteiger partial charge on any atom is 0.416 e. The highest BCUT2D eigenvalue weighted by Gasteiger charge is 2.53. The molecule has 3 nitrogen and oxygen atoms in total. The molecule has 0 bridgehead atoms. The van der Waals surface area contributed by atoms with Crippen LogP contribution in [-0.4, -0.2) is 32.3 Å². The summed E-state index contributed by atoms with van der Waals surface area (Å²) < 4.78 is 66.4. The Morgan fingerprint density at radius 3 is 1.83 bits per heavy atom. The molecule has 1 N–H and O–H groups in total. The molecule has 3 aromatic rings. The van der Waals surface area contributed by atoms with Crippen molar-refractivity contribution in [3.05, 3.63) is 96.1 Å². The Bertz CT molecular complexity index is 1110. The lowest BCUT2D eigenvalue weighted by molar-refractivity contribution is -0.226. The Hall–Kier alpha value is -2.52. The molecule has 3 atom stereocenters. The van der Waals surface area contributed by atoms with E-state index in [1.807, 2.05) is 60.7 Å². The van der Waals surface area contributed by atoms with Crippen molar-refractivity contribution in [1.82, 2.24) is 0 Å². The van der Waals surface area contributed by atoms with E-state index >= 15 is 4.39 Å². The van der Waals surface area contributed by atoms with Crippen molar-refractivity contribution in [1.29, 1.82) is 0 Å². The van der Waals surface area contributed by atoms with Gasteiger partial charge in [-0.3, -0.25) is 0 Å². The minimum atomic E-state index is -4.53. The van der Waals surface area contributed by atoms with Gasteiger partial charge in [0.2, 0.25) is 5.79 Å². The molecule has 0 aliphatic carbocycles. The third-order valence-electron chi connectivity index (χ3n) is 6.77. The molecule has 1 unspecified atom stereocenters. The fraction of sp³-hybridized carbons (Fsp3) is 0.357. The summed E-state index contributed by atoms with van der Waals surface area (Å²) >= 11 is 0. The van der Waals surface area contributed by atoms with E-state index in [-0.39, 0.29) is 23.6 Å². The zero-order chi connectivity index (χ0) is 26.2. The molecule has 36 heavy (non-hydrogen) atoms. The molecule has 0 aromatic heterocycles. The number of alkyl halides is 4. The molecular weight excluding hydrogens is 488 g/mol. The van der Waals surface area contributed by atoms with Gasteiger partial charge in [-0.05, 0) is 27.5 Å². The highest BCUT2D eigenvalue weighted by atomic mass is 28.4. The van der Waals surface area contributed by atoms with E-state index in [2.05, 4.69) is 20.8 Å². The van der Waals surface area contributed by atoms with Crippen LogP contribution in [0.15, 0.2) is 84.9 Å². The first-order valence-electron chi connectivity index (χ1n) is 11.8. The highest BCUT2D eigenvalue weighted by Crippen LogP contribution is 2.42. The number of benzene rings is 3. The van der Waals surface area contributed by atoms with E-state index in [1.54, 1.807) is 0 Å². The zero-order valence-electron chi connectivity index (χ0n) is 20.4. The quantitative estimate of drug-likeness (QED) is 0.343. The topological polar surface area (TPSA) is 38.7 Å². The first-order chi connectivity index (χ1) is 16.9. The normalized spacial score (nSPS) is 23.1. The smallest absolute Gasteiger partial charge is 0.405 e. The van der Waals surface area contributed by atoms with Gasteiger partial charge in [0.1, 0.15) is 0 Å². The summed E-state index contributed by atoms with van der Waals surface area (Å²) in [4.78, 5) is 0. The summed E-state index contributed by atoms with van der Waals surface area (Å²) in [5.74, 6) is -2.34. The van der Waals surface area contributed by atoms with Gasteiger partial charge >= 0.3 is 6.18 Å². The maximum atomic E-state index is 15.1. The van der Waals surface area contributed by atoms with Crippen LogP contribution in [0.4, 0.5) is 17.6 Å². The van der Waals surface area contributed by atoms with Crippen LogP contribution < -0.4 is 10.4 Å². The average Bonchev–Trinajstić information content (AvgIpc) is 3.14. The molecule has 0 saturated carbocycles. The van der Waals surface area contributed by atoms with Crippen LogP contribution in [0.2, 0.25) is 5.04 Å². The predicted molar refractivity (Wildman–Crippen MR) is 133 cm³/mol. The third kappa shape index (κ3) is 4.87. The van der Waals surface area contributed by atoms with Crippen LogP contribution >= 0.6 is 0 Å². The van der Waals surface area contributed by atoms with E-state index in [9.17, 15) is 18.3 Å².